The molecule has 0 unspecified atom stereocenters. The van der Waals surface area contributed by atoms with Gasteiger partial charge in [-0.1, -0.05) is 31.5 Å². The van der Waals surface area contributed by atoms with Crippen LogP contribution in [-0.4, -0.2) is 64.8 Å². The summed E-state index contributed by atoms with van der Waals surface area (Å²) in [7, 11) is 3.08. The van der Waals surface area contributed by atoms with Crippen LogP contribution in [0.3, 0.4) is 0 Å². The Kier molecular flexibility index (Phi) is 7.30. The molecule has 9 nitrogen and oxygen atoms in total. The largest absolute Gasteiger partial charge is 0.502 e. The van der Waals surface area contributed by atoms with Gasteiger partial charge in [0.2, 0.25) is 11.8 Å². The van der Waals surface area contributed by atoms with Crippen LogP contribution in [0.1, 0.15) is 35.3 Å². The Bertz CT molecular complexity index is 1210. The first-order valence-electron chi connectivity index (χ1n) is 10.6. The van der Waals surface area contributed by atoms with Gasteiger partial charge in [0.1, 0.15) is 18.2 Å². The van der Waals surface area contributed by atoms with Crippen LogP contribution in [0.4, 0.5) is 10.2 Å². The lowest BCUT2D eigenvalue weighted by atomic mass is 9.97. The number of aromatic hydroxyl groups is 1. The Labute approximate surface area is 200 Å². The van der Waals surface area contributed by atoms with Crippen LogP contribution in [0.25, 0.3) is 0 Å². The van der Waals surface area contributed by atoms with Gasteiger partial charge < -0.3 is 19.9 Å². The summed E-state index contributed by atoms with van der Waals surface area (Å²) in [5, 5.41) is 10.4. The molecule has 0 radical (unpaired) electrons. The smallest absolute Gasteiger partial charge is 0.292 e. The van der Waals surface area contributed by atoms with E-state index in [2.05, 4.69) is 4.98 Å². The fourth-order valence-electron chi connectivity index (χ4n) is 3.69. The molecule has 0 atom stereocenters. The van der Waals surface area contributed by atoms with Crippen LogP contribution in [0.2, 0.25) is 5.02 Å². The second-order valence-electron chi connectivity index (χ2n) is 8.60. The molecule has 3 rings (SSSR count). The molecule has 1 aliphatic heterocycles. The number of halogens is 2. The Morgan fingerprint density at radius 2 is 1.94 bits per heavy atom. The molecular formula is C23H26ClFN4O5. The number of pyridine rings is 1. The zero-order chi connectivity index (χ0) is 25.3. The Balaban J connectivity index is 2.05. The monoisotopic (exact) mass is 492 g/mol. The minimum atomic E-state index is -0.951. The number of nitrogens with zero attached hydrogens (tertiary/aromatic N) is 3. The van der Waals surface area contributed by atoms with E-state index in [1.54, 1.807) is 27.9 Å². The average Bonchev–Trinajstić information content (AvgIpc) is 2.77. The van der Waals surface area contributed by atoms with Gasteiger partial charge in [-0.25, -0.2) is 4.39 Å². The van der Waals surface area contributed by atoms with Crippen molar-refractivity contribution >= 4 is 35.1 Å². The van der Waals surface area contributed by atoms with Gasteiger partial charge in [0, 0.05) is 38.7 Å². The number of benzene rings is 1. The molecule has 1 aromatic heterocycles. The molecule has 2 N–H and O–H groups in total. The number of amides is 3. The van der Waals surface area contributed by atoms with Crippen molar-refractivity contribution in [1.29, 1.82) is 0 Å². The fraction of sp³-hybridized carbons (Fsp3) is 0.391. The van der Waals surface area contributed by atoms with E-state index in [-0.39, 0.29) is 53.9 Å². The number of aromatic amines is 1. The number of fused-ring (bicyclic) bond motifs is 1. The molecule has 182 valence electrons. The van der Waals surface area contributed by atoms with Crippen molar-refractivity contribution in [2.24, 2.45) is 5.92 Å². The molecule has 0 fully saturated rings. The number of carbonyl (C=O) groups is 3. The summed E-state index contributed by atoms with van der Waals surface area (Å²) in [5.74, 6) is -3.25. The topological polar surface area (TPSA) is 114 Å². The van der Waals surface area contributed by atoms with E-state index in [9.17, 15) is 28.7 Å². The average molecular weight is 493 g/mol. The van der Waals surface area contributed by atoms with E-state index in [4.69, 9.17) is 11.6 Å². The number of hydrogen-bond donors (Lipinski definition) is 2. The first-order valence-corrected chi connectivity index (χ1v) is 11.0. The van der Waals surface area contributed by atoms with Gasteiger partial charge in [0.05, 0.1) is 10.6 Å². The SMILES string of the molecule is CC(C)C(=O)N(CC(=O)N(C)C)c1[nH]c(=O)c(O)c2c1CCN(Cc1ccc(F)c(Cl)c1)C2=O. The quantitative estimate of drug-likeness (QED) is 0.641. The minimum Gasteiger partial charge on any atom is -0.502 e. The van der Waals surface area contributed by atoms with Gasteiger partial charge >= 0.3 is 0 Å². The van der Waals surface area contributed by atoms with Gasteiger partial charge in [-0.05, 0) is 24.1 Å². The third kappa shape index (κ3) is 4.91. The number of aromatic nitrogens is 1. The predicted octanol–water partition coefficient (Wildman–Crippen LogP) is 2.15. The van der Waals surface area contributed by atoms with Crippen LogP contribution in [0.15, 0.2) is 23.0 Å². The van der Waals surface area contributed by atoms with Gasteiger partial charge in [0.25, 0.3) is 11.5 Å². The molecule has 0 saturated heterocycles. The van der Waals surface area contributed by atoms with E-state index in [0.29, 0.717) is 5.56 Å². The number of carbonyl (C=O) groups excluding carboxylic acids is 3. The van der Waals surface area contributed by atoms with Gasteiger partial charge in [0.15, 0.2) is 5.75 Å². The number of hydrogen-bond acceptors (Lipinski definition) is 5. The highest BCUT2D eigenvalue weighted by molar-refractivity contribution is 6.30. The van der Waals surface area contributed by atoms with Crippen LogP contribution in [0, 0.1) is 11.7 Å². The molecule has 2 aromatic rings. The van der Waals surface area contributed by atoms with E-state index < -0.39 is 34.9 Å². The van der Waals surface area contributed by atoms with Crippen molar-refractivity contribution in [3.05, 3.63) is 56.1 Å². The second kappa shape index (κ2) is 9.84. The van der Waals surface area contributed by atoms with E-state index >= 15 is 0 Å². The standard InChI is InChI=1S/C23H26ClFN4O5/c1-12(2)22(33)29(11-17(30)27(3)4)20-14-7-8-28(10-13-5-6-16(25)15(24)9-13)23(34)18(14)19(31)21(32)26-20/h5-6,9,12,31H,7-8,10-11H2,1-4H3,(H,26,32). The Morgan fingerprint density at radius 1 is 1.26 bits per heavy atom. The summed E-state index contributed by atoms with van der Waals surface area (Å²) in [5.41, 5.74) is -0.332. The number of H-pyrrole nitrogens is 1. The second-order valence-corrected chi connectivity index (χ2v) is 9.00. The van der Waals surface area contributed by atoms with Crippen LogP contribution < -0.4 is 10.5 Å². The van der Waals surface area contributed by atoms with Crippen molar-refractivity contribution in [3.63, 3.8) is 0 Å². The van der Waals surface area contributed by atoms with Crippen LogP contribution in [-0.2, 0) is 22.6 Å². The van der Waals surface area contributed by atoms with Crippen LogP contribution >= 0.6 is 11.6 Å². The highest BCUT2D eigenvalue weighted by Gasteiger charge is 2.35. The third-order valence-corrected chi connectivity index (χ3v) is 5.87. The Hall–Kier alpha value is -3.40. The Morgan fingerprint density at radius 3 is 2.53 bits per heavy atom. The van der Waals surface area contributed by atoms with Crippen molar-refractivity contribution < 1.29 is 23.9 Å². The lowest BCUT2D eigenvalue weighted by molar-refractivity contribution is -0.130. The molecule has 11 heteroatoms. The number of rotatable bonds is 6. The van der Waals surface area contributed by atoms with Gasteiger partial charge in [-0.2, -0.15) is 0 Å². The van der Waals surface area contributed by atoms with Crippen molar-refractivity contribution in [3.8, 4) is 5.75 Å². The number of likely N-dealkylation sites (N-methyl/N-ethyl adjacent to an activating group) is 1. The summed E-state index contributed by atoms with van der Waals surface area (Å²) in [6.07, 6.45) is 0.202. The number of nitrogens with one attached hydrogen (secondary N) is 1. The molecule has 0 aliphatic carbocycles. The van der Waals surface area contributed by atoms with Crippen molar-refractivity contribution in [1.82, 2.24) is 14.8 Å². The zero-order valence-electron chi connectivity index (χ0n) is 19.3. The van der Waals surface area contributed by atoms with E-state index in [1.165, 1.54) is 28.0 Å². The molecule has 0 saturated carbocycles. The molecule has 0 bridgehead atoms. The summed E-state index contributed by atoms with van der Waals surface area (Å²) in [6, 6.07) is 4.08. The molecule has 34 heavy (non-hydrogen) atoms. The summed E-state index contributed by atoms with van der Waals surface area (Å²) in [4.78, 5) is 57.6. The number of anilines is 1. The normalized spacial score (nSPS) is 13.1. The maximum atomic E-state index is 13.5. The third-order valence-electron chi connectivity index (χ3n) is 5.58. The lowest BCUT2D eigenvalue weighted by Gasteiger charge is -2.33. The highest BCUT2D eigenvalue weighted by atomic mass is 35.5. The van der Waals surface area contributed by atoms with Crippen molar-refractivity contribution in [2.45, 2.75) is 26.8 Å². The van der Waals surface area contributed by atoms with Gasteiger partial charge in [-0.3, -0.25) is 24.1 Å². The lowest BCUT2D eigenvalue weighted by Crippen LogP contribution is -2.45. The van der Waals surface area contributed by atoms with Gasteiger partial charge in [-0.15, -0.1) is 0 Å². The first-order chi connectivity index (χ1) is 15.9. The maximum absolute atomic E-state index is 13.5. The summed E-state index contributed by atoms with van der Waals surface area (Å²) in [6.45, 7) is 3.24. The molecular weight excluding hydrogens is 467 g/mol. The van der Waals surface area contributed by atoms with Crippen LogP contribution in [0.5, 0.6) is 5.75 Å². The summed E-state index contributed by atoms with van der Waals surface area (Å²) >= 11 is 5.84. The first kappa shape index (κ1) is 25.2. The minimum absolute atomic E-state index is 0.0181. The molecule has 2 heterocycles. The summed E-state index contributed by atoms with van der Waals surface area (Å²) < 4.78 is 13.5. The zero-order valence-corrected chi connectivity index (χ0v) is 20.1. The van der Waals surface area contributed by atoms with E-state index in [1.807, 2.05) is 0 Å². The van der Waals surface area contributed by atoms with Crippen molar-refractivity contribution in [2.75, 3.05) is 32.1 Å². The predicted molar refractivity (Wildman–Crippen MR) is 124 cm³/mol. The maximum Gasteiger partial charge on any atom is 0.292 e. The van der Waals surface area contributed by atoms with E-state index in [0.717, 1.165) is 4.90 Å². The molecule has 0 spiro atoms. The molecule has 1 aliphatic rings. The molecule has 3 amide bonds. The fourth-order valence-corrected chi connectivity index (χ4v) is 3.90. The molecule has 1 aromatic carbocycles. The highest BCUT2D eigenvalue weighted by Crippen LogP contribution is 2.32.